The van der Waals surface area contributed by atoms with Crippen LogP contribution in [0.4, 0.5) is 0 Å². The minimum absolute atomic E-state index is 0. The standard InChI is InChI=1S/C18H29.BrH.Mg/c1-2-3-4-5-6-7-8-9-10-12-15-18-16-13-11-14-17-18;;/h11,13-14,16H,2-10,12,15H2,1H3;1H;/q-1;;+2/p-1. The largest absolute Gasteiger partial charge is 2.00 e. The summed E-state index contributed by atoms with van der Waals surface area (Å²) < 4.78 is 0. The van der Waals surface area contributed by atoms with Crippen molar-refractivity contribution < 1.29 is 17.0 Å². The van der Waals surface area contributed by atoms with Crippen LogP contribution in [0.3, 0.4) is 0 Å². The van der Waals surface area contributed by atoms with Crippen molar-refractivity contribution >= 4 is 23.1 Å². The van der Waals surface area contributed by atoms with Gasteiger partial charge in [0.15, 0.2) is 0 Å². The Kier molecular flexibility index (Phi) is 19.9. The number of halogens is 1. The average molecular weight is 350 g/mol. The van der Waals surface area contributed by atoms with Crippen molar-refractivity contribution in [3.8, 4) is 0 Å². The summed E-state index contributed by atoms with van der Waals surface area (Å²) in [6, 6.07) is 11.7. The van der Waals surface area contributed by atoms with Crippen molar-refractivity contribution in [3.63, 3.8) is 0 Å². The summed E-state index contributed by atoms with van der Waals surface area (Å²) in [7, 11) is 0. The molecular weight excluding hydrogens is 320 g/mol. The predicted molar refractivity (Wildman–Crippen MR) is 86.6 cm³/mol. The molecule has 0 aliphatic rings. The van der Waals surface area contributed by atoms with Crippen LogP contribution in [0.5, 0.6) is 0 Å². The van der Waals surface area contributed by atoms with E-state index in [1.165, 1.54) is 76.2 Å². The Morgan fingerprint density at radius 2 is 1.35 bits per heavy atom. The summed E-state index contributed by atoms with van der Waals surface area (Å²) in [5.41, 5.74) is 1.37. The van der Waals surface area contributed by atoms with Gasteiger partial charge in [-0.05, 0) is 0 Å². The van der Waals surface area contributed by atoms with Crippen LogP contribution in [-0.4, -0.2) is 23.1 Å². The maximum absolute atomic E-state index is 3.30. The average Bonchev–Trinajstić information content (AvgIpc) is 2.42. The molecule has 1 rings (SSSR count). The van der Waals surface area contributed by atoms with Crippen LogP contribution in [0.15, 0.2) is 24.3 Å². The molecule has 0 unspecified atom stereocenters. The third kappa shape index (κ3) is 13.4. The molecule has 0 bridgehead atoms. The van der Waals surface area contributed by atoms with E-state index in [1.807, 2.05) is 12.1 Å². The van der Waals surface area contributed by atoms with E-state index in [2.05, 4.69) is 25.1 Å². The Labute approximate surface area is 153 Å². The number of aryl methyl sites for hydroxylation is 1. The van der Waals surface area contributed by atoms with Gasteiger partial charge >= 0.3 is 23.1 Å². The van der Waals surface area contributed by atoms with Crippen molar-refractivity contribution in [2.45, 2.75) is 77.6 Å². The fourth-order valence-electron chi connectivity index (χ4n) is 2.39. The second kappa shape index (κ2) is 17.5. The molecule has 0 nitrogen and oxygen atoms in total. The second-order valence-electron chi connectivity index (χ2n) is 5.32. The van der Waals surface area contributed by atoms with Crippen LogP contribution in [0.25, 0.3) is 0 Å². The van der Waals surface area contributed by atoms with Gasteiger partial charge < -0.3 is 17.0 Å². The van der Waals surface area contributed by atoms with Gasteiger partial charge in [0.1, 0.15) is 0 Å². The predicted octanol–water partition coefficient (Wildman–Crippen LogP) is 2.57. The zero-order valence-electron chi connectivity index (χ0n) is 13.2. The van der Waals surface area contributed by atoms with Gasteiger partial charge in [-0.15, -0.1) is 0 Å². The van der Waals surface area contributed by atoms with E-state index in [9.17, 15) is 0 Å². The van der Waals surface area contributed by atoms with Gasteiger partial charge in [0.05, 0.1) is 0 Å². The Bertz CT molecular complexity index is 274. The summed E-state index contributed by atoms with van der Waals surface area (Å²) in [6.45, 7) is 2.28. The van der Waals surface area contributed by atoms with Crippen molar-refractivity contribution in [2.24, 2.45) is 0 Å². The third-order valence-electron chi connectivity index (χ3n) is 3.57. The summed E-state index contributed by atoms with van der Waals surface area (Å²) >= 11 is 0. The maximum atomic E-state index is 3.30. The summed E-state index contributed by atoms with van der Waals surface area (Å²) in [5.74, 6) is 0. The summed E-state index contributed by atoms with van der Waals surface area (Å²) in [6.07, 6.45) is 15.3. The monoisotopic (exact) mass is 348 g/mol. The van der Waals surface area contributed by atoms with E-state index in [0.717, 1.165) is 0 Å². The van der Waals surface area contributed by atoms with Crippen LogP contribution in [0.2, 0.25) is 0 Å². The second-order valence-corrected chi connectivity index (χ2v) is 5.32. The third-order valence-corrected chi connectivity index (χ3v) is 3.57. The molecule has 0 radical (unpaired) electrons. The van der Waals surface area contributed by atoms with Gasteiger partial charge in [-0.1, -0.05) is 77.6 Å². The number of hydrogen-bond donors (Lipinski definition) is 0. The van der Waals surface area contributed by atoms with Crippen molar-refractivity contribution in [2.75, 3.05) is 0 Å². The van der Waals surface area contributed by atoms with E-state index in [-0.39, 0.29) is 40.0 Å². The Hall–Kier alpha value is 0.466. The van der Waals surface area contributed by atoms with Crippen molar-refractivity contribution in [1.82, 2.24) is 0 Å². The van der Waals surface area contributed by atoms with Crippen molar-refractivity contribution in [3.05, 3.63) is 35.9 Å². The van der Waals surface area contributed by atoms with E-state index < -0.39 is 0 Å². The first-order valence-electron chi connectivity index (χ1n) is 7.89. The first-order valence-corrected chi connectivity index (χ1v) is 7.89. The molecule has 20 heavy (non-hydrogen) atoms. The smallest absolute Gasteiger partial charge is 1.00 e. The number of unbranched alkanes of at least 4 members (excludes halogenated alkanes) is 9. The molecule has 0 aromatic heterocycles. The van der Waals surface area contributed by atoms with E-state index in [0.29, 0.717) is 0 Å². The van der Waals surface area contributed by atoms with Crippen LogP contribution >= 0.6 is 0 Å². The quantitative estimate of drug-likeness (QED) is 0.327. The molecule has 0 saturated heterocycles. The van der Waals surface area contributed by atoms with Gasteiger partial charge in [0, 0.05) is 0 Å². The fourth-order valence-corrected chi connectivity index (χ4v) is 2.39. The number of hydrogen-bond acceptors (Lipinski definition) is 0. The molecule has 0 N–H and O–H groups in total. The van der Waals surface area contributed by atoms with Crippen LogP contribution < -0.4 is 17.0 Å². The van der Waals surface area contributed by atoms with E-state index >= 15 is 0 Å². The Balaban J connectivity index is 0. The zero-order chi connectivity index (χ0) is 12.9. The normalized spacial score (nSPS) is 9.65. The molecule has 110 valence electrons. The first kappa shape index (κ1) is 22.7. The van der Waals surface area contributed by atoms with Crippen LogP contribution in [0.1, 0.15) is 76.7 Å². The minimum Gasteiger partial charge on any atom is -1.00 e. The van der Waals surface area contributed by atoms with Gasteiger partial charge in [-0.2, -0.15) is 35.9 Å². The van der Waals surface area contributed by atoms with Gasteiger partial charge in [0.2, 0.25) is 0 Å². The maximum Gasteiger partial charge on any atom is 2.00 e. The molecule has 1 aromatic rings. The molecule has 1 aromatic carbocycles. The topological polar surface area (TPSA) is 0 Å². The first-order chi connectivity index (χ1) is 8.93. The molecular formula is C18H29BrMg. The number of benzene rings is 1. The van der Waals surface area contributed by atoms with Gasteiger partial charge in [-0.25, -0.2) is 0 Å². The molecule has 0 spiro atoms. The SMILES string of the molecule is CCCCCCCCCCCCc1[c-]cccc1.[Br-].[Mg+2]. The van der Waals surface area contributed by atoms with E-state index in [1.54, 1.807) is 0 Å². The molecule has 0 aliphatic carbocycles. The molecule has 0 aliphatic heterocycles. The molecule has 0 saturated carbocycles. The Morgan fingerprint density at radius 1 is 0.800 bits per heavy atom. The van der Waals surface area contributed by atoms with E-state index in [4.69, 9.17) is 0 Å². The molecule has 0 amide bonds. The molecule has 0 heterocycles. The fraction of sp³-hybridized carbons (Fsp3) is 0.667. The molecule has 2 heteroatoms. The minimum atomic E-state index is 0. The Morgan fingerprint density at radius 3 is 1.85 bits per heavy atom. The van der Waals surface area contributed by atoms with Crippen LogP contribution in [-0.2, 0) is 6.42 Å². The van der Waals surface area contributed by atoms with Gasteiger partial charge in [0.25, 0.3) is 0 Å². The molecule has 0 atom stereocenters. The summed E-state index contributed by atoms with van der Waals surface area (Å²) in [4.78, 5) is 0. The van der Waals surface area contributed by atoms with Gasteiger partial charge in [-0.3, -0.25) is 0 Å². The van der Waals surface area contributed by atoms with Crippen LogP contribution in [0, 0.1) is 6.07 Å². The van der Waals surface area contributed by atoms with Crippen molar-refractivity contribution in [1.29, 1.82) is 0 Å². The number of rotatable bonds is 11. The molecule has 0 fully saturated rings. The summed E-state index contributed by atoms with van der Waals surface area (Å²) in [5, 5.41) is 0. The zero-order valence-corrected chi connectivity index (χ0v) is 16.2.